The molecule has 9 nitrogen and oxygen atoms in total. The average molecular weight is 525 g/mol. The Morgan fingerprint density at radius 2 is 1.91 bits per heavy atom. The van der Waals surface area contributed by atoms with Gasteiger partial charge in [0.2, 0.25) is 15.9 Å². The fraction of sp³-hybridized carbons (Fsp3) is 0.542. The van der Waals surface area contributed by atoms with Crippen LogP contribution in [0, 0.1) is 16.0 Å². The molecule has 0 bridgehead atoms. The predicted molar refractivity (Wildman–Crippen MR) is 135 cm³/mol. The van der Waals surface area contributed by atoms with Gasteiger partial charge in [-0.15, -0.1) is 0 Å². The molecule has 2 aromatic rings. The zero-order valence-corrected chi connectivity index (χ0v) is 22.0. The van der Waals surface area contributed by atoms with E-state index in [0.29, 0.717) is 25.9 Å². The van der Waals surface area contributed by atoms with Crippen molar-refractivity contribution in [1.29, 1.82) is 0 Å². The number of hydrogen-bond donors (Lipinski definition) is 0. The van der Waals surface area contributed by atoms with Gasteiger partial charge in [-0.05, 0) is 43.0 Å². The second kappa shape index (κ2) is 11.5. The van der Waals surface area contributed by atoms with Crippen molar-refractivity contribution in [3.8, 4) is 0 Å². The molecule has 1 aromatic heterocycles. The molecule has 1 fully saturated rings. The number of sulfonamides is 1. The fourth-order valence-corrected chi connectivity index (χ4v) is 6.33. The number of benzene rings is 1. The molecule has 1 aromatic carbocycles. The Labute approximate surface area is 211 Å². The van der Waals surface area contributed by atoms with Gasteiger partial charge < -0.3 is 9.47 Å². The van der Waals surface area contributed by atoms with Crippen LogP contribution in [0.4, 0.5) is 5.69 Å². The first-order chi connectivity index (χ1) is 16.5. The number of carbonyl (C=O) groups excluding carboxylic acids is 1. The van der Waals surface area contributed by atoms with Crippen molar-refractivity contribution in [3.63, 3.8) is 0 Å². The van der Waals surface area contributed by atoms with Crippen molar-refractivity contribution >= 4 is 33.2 Å². The summed E-state index contributed by atoms with van der Waals surface area (Å²) in [6.07, 6.45) is 5.93. The Morgan fingerprint density at radius 1 is 1.23 bits per heavy atom. The molecule has 0 aliphatic heterocycles. The summed E-state index contributed by atoms with van der Waals surface area (Å²) in [6.45, 7) is 4.54. The smallest absolute Gasteiger partial charge is 0.289 e. The minimum Gasteiger partial charge on any atom is -0.353 e. The van der Waals surface area contributed by atoms with Crippen molar-refractivity contribution in [2.45, 2.75) is 63.4 Å². The molecule has 0 atom stereocenters. The highest BCUT2D eigenvalue weighted by Gasteiger charge is 2.36. The minimum atomic E-state index is -4.18. The van der Waals surface area contributed by atoms with E-state index in [0.717, 1.165) is 31.0 Å². The van der Waals surface area contributed by atoms with E-state index in [4.69, 9.17) is 11.6 Å². The van der Waals surface area contributed by atoms with Crippen molar-refractivity contribution in [2.75, 3.05) is 13.1 Å². The first-order valence-corrected chi connectivity index (χ1v) is 13.7. The number of aromatic nitrogens is 1. The Balaban J connectivity index is 1.95. The molecule has 0 unspecified atom stereocenters. The lowest BCUT2D eigenvalue weighted by atomic mass is 9.95. The molecule has 1 heterocycles. The standard InChI is InChI=1S/C24H33ClN4O5S/c1-18(2)15-27(16-20-10-7-13-26(20)3)24(30)17-28(19-8-5-4-6-9-19)35(33,34)21-11-12-22(25)23(14-21)29(31)32/h7,10-14,18-19H,4-6,8-9,15-17H2,1-3H3. The Hall–Kier alpha value is -2.43. The largest absolute Gasteiger partial charge is 0.353 e. The van der Waals surface area contributed by atoms with E-state index in [2.05, 4.69) is 0 Å². The van der Waals surface area contributed by atoms with E-state index in [9.17, 15) is 23.3 Å². The molecule has 192 valence electrons. The molecule has 35 heavy (non-hydrogen) atoms. The van der Waals surface area contributed by atoms with Crippen LogP contribution >= 0.6 is 11.6 Å². The molecule has 1 saturated carbocycles. The summed E-state index contributed by atoms with van der Waals surface area (Å²) in [5.41, 5.74) is 0.465. The SMILES string of the molecule is CC(C)CN(Cc1cccn1C)C(=O)CN(C1CCCCC1)S(=O)(=O)c1ccc(Cl)c([N+](=O)[O-])c1. The lowest BCUT2D eigenvalue weighted by molar-refractivity contribution is -0.384. The number of nitro groups is 1. The van der Waals surface area contributed by atoms with Gasteiger partial charge in [-0.1, -0.05) is 44.7 Å². The maximum Gasteiger partial charge on any atom is 0.289 e. The van der Waals surface area contributed by atoms with E-state index in [1.165, 1.54) is 16.4 Å². The number of carbonyl (C=O) groups is 1. The molecule has 0 N–H and O–H groups in total. The van der Waals surface area contributed by atoms with Crippen LogP contribution < -0.4 is 0 Å². The lowest BCUT2D eigenvalue weighted by Crippen LogP contribution is -2.48. The van der Waals surface area contributed by atoms with E-state index >= 15 is 0 Å². The maximum atomic E-state index is 13.8. The molecule has 0 radical (unpaired) electrons. The number of nitrogens with zero attached hydrogens (tertiary/aromatic N) is 4. The first kappa shape index (κ1) is 27.2. The third kappa shape index (κ3) is 6.62. The Bertz CT molecular complexity index is 1160. The highest BCUT2D eigenvalue weighted by molar-refractivity contribution is 7.89. The molecular weight excluding hydrogens is 492 g/mol. The normalized spacial score (nSPS) is 15.0. The van der Waals surface area contributed by atoms with Gasteiger partial charge in [0.25, 0.3) is 5.69 Å². The zero-order chi connectivity index (χ0) is 25.8. The zero-order valence-electron chi connectivity index (χ0n) is 20.4. The van der Waals surface area contributed by atoms with Gasteiger partial charge in [-0.2, -0.15) is 4.31 Å². The van der Waals surface area contributed by atoms with Gasteiger partial charge in [-0.25, -0.2) is 8.42 Å². The third-order valence-electron chi connectivity index (χ3n) is 6.34. The van der Waals surface area contributed by atoms with Crippen molar-refractivity contribution in [2.24, 2.45) is 13.0 Å². The highest BCUT2D eigenvalue weighted by Crippen LogP contribution is 2.32. The predicted octanol–water partition coefficient (Wildman–Crippen LogP) is 4.59. The van der Waals surface area contributed by atoms with Crippen LogP contribution in [0.1, 0.15) is 51.6 Å². The van der Waals surface area contributed by atoms with Gasteiger partial charge >= 0.3 is 0 Å². The van der Waals surface area contributed by atoms with Gasteiger partial charge in [0.05, 0.1) is 22.9 Å². The number of nitro benzene ring substituents is 1. The van der Waals surface area contributed by atoms with Gasteiger partial charge in [0, 0.05) is 37.6 Å². The molecule has 1 aliphatic rings. The Kier molecular flexibility index (Phi) is 8.95. The first-order valence-electron chi connectivity index (χ1n) is 11.8. The van der Waals surface area contributed by atoms with Gasteiger partial charge in [-0.3, -0.25) is 14.9 Å². The molecule has 0 spiro atoms. The maximum absolute atomic E-state index is 13.8. The second-order valence-electron chi connectivity index (χ2n) is 9.49. The molecule has 1 amide bonds. The topological polar surface area (TPSA) is 106 Å². The van der Waals surface area contributed by atoms with Crippen LogP contribution in [0.3, 0.4) is 0 Å². The second-order valence-corrected chi connectivity index (χ2v) is 11.8. The van der Waals surface area contributed by atoms with Crippen LogP contribution in [0.25, 0.3) is 0 Å². The van der Waals surface area contributed by atoms with Crippen LogP contribution in [0.2, 0.25) is 5.02 Å². The average Bonchev–Trinajstić information content (AvgIpc) is 3.21. The van der Waals surface area contributed by atoms with Gasteiger partial charge in [0.1, 0.15) is 5.02 Å². The van der Waals surface area contributed by atoms with E-state index in [1.807, 2.05) is 43.8 Å². The summed E-state index contributed by atoms with van der Waals surface area (Å²) in [7, 11) is -2.28. The third-order valence-corrected chi connectivity index (χ3v) is 8.55. The van der Waals surface area contributed by atoms with E-state index < -0.39 is 20.6 Å². The van der Waals surface area contributed by atoms with Crippen molar-refractivity contribution in [1.82, 2.24) is 13.8 Å². The highest BCUT2D eigenvalue weighted by atomic mass is 35.5. The summed E-state index contributed by atoms with van der Waals surface area (Å²) in [5.74, 6) is -0.101. The van der Waals surface area contributed by atoms with E-state index in [-0.39, 0.29) is 34.3 Å². The van der Waals surface area contributed by atoms with Crippen molar-refractivity contribution in [3.05, 3.63) is 57.4 Å². The molecule has 3 rings (SSSR count). The summed E-state index contributed by atoms with van der Waals surface area (Å²) in [6, 6.07) is 6.95. The van der Waals surface area contributed by atoms with Crippen LogP contribution in [0.15, 0.2) is 41.4 Å². The summed E-state index contributed by atoms with van der Waals surface area (Å²) in [4.78, 5) is 25.7. The lowest BCUT2D eigenvalue weighted by Gasteiger charge is -2.35. The number of hydrogen-bond acceptors (Lipinski definition) is 5. The molecular formula is C24H33ClN4O5S. The molecule has 1 aliphatic carbocycles. The minimum absolute atomic E-state index is 0.139. The van der Waals surface area contributed by atoms with E-state index in [1.54, 1.807) is 4.90 Å². The monoisotopic (exact) mass is 524 g/mol. The van der Waals surface area contributed by atoms with Gasteiger partial charge in [0.15, 0.2) is 0 Å². The molecule has 11 heteroatoms. The quantitative estimate of drug-likeness (QED) is 0.333. The Morgan fingerprint density at radius 3 is 2.49 bits per heavy atom. The summed E-state index contributed by atoms with van der Waals surface area (Å²) >= 11 is 5.91. The fourth-order valence-electron chi connectivity index (χ4n) is 4.49. The molecule has 0 saturated heterocycles. The number of halogens is 1. The van der Waals surface area contributed by atoms with Crippen LogP contribution in [-0.2, 0) is 28.4 Å². The summed E-state index contributed by atoms with van der Waals surface area (Å²) < 4.78 is 30.7. The van der Waals surface area contributed by atoms with Crippen LogP contribution in [0.5, 0.6) is 0 Å². The van der Waals surface area contributed by atoms with Crippen LogP contribution in [-0.4, -0.2) is 52.2 Å². The summed E-state index contributed by atoms with van der Waals surface area (Å²) in [5, 5.41) is 11.2. The number of amides is 1. The number of rotatable bonds is 10. The number of aryl methyl sites for hydroxylation is 1. The van der Waals surface area contributed by atoms with Crippen molar-refractivity contribution < 1.29 is 18.1 Å².